The van der Waals surface area contributed by atoms with E-state index in [4.69, 9.17) is 0 Å². The zero-order valence-corrected chi connectivity index (χ0v) is 9.64. The first-order chi connectivity index (χ1) is 8.08. The summed E-state index contributed by atoms with van der Waals surface area (Å²) in [6, 6.07) is 6.72. The third kappa shape index (κ3) is 2.28. The highest BCUT2D eigenvalue weighted by molar-refractivity contribution is 6.05. The quantitative estimate of drug-likeness (QED) is 0.826. The molecule has 0 spiro atoms. The van der Waals surface area contributed by atoms with Crippen molar-refractivity contribution in [2.75, 3.05) is 5.32 Å². The number of carbonyl (C=O) groups is 1. The number of hydrogen-bond donors (Lipinski definition) is 2. The molecule has 88 valence electrons. The second-order valence-corrected chi connectivity index (χ2v) is 3.80. The van der Waals surface area contributed by atoms with Crippen LogP contribution in [-0.4, -0.2) is 20.8 Å². The van der Waals surface area contributed by atoms with Crippen LogP contribution in [0.15, 0.2) is 30.5 Å². The van der Waals surface area contributed by atoms with Crippen LogP contribution < -0.4 is 5.32 Å². The number of hydrogen-bond acceptors (Lipinski definition) is 3. The number of phenols is 1. The molecule has 0 aliphatic rings. The third-order valence-electron chi connectivity index (χ3n) is 2.44. The Morgan fingerprint density at radius 3 is 2.82 bits per heavy atom. The molecule has 5 nitrogen and oxygen atoms in total. The highest BCUT2D eigenvalue weighted by Gasteiger charge is 2.13. The summed E-state index contributed by atoms with van der Waals surface area (Å²) in [6.45, 7) is 1.74. The Bertz CT molecular complexity index is 561. The minimum atomic E-state index is -0.370. The minimum Gasteiger partial charge on any atom is -0.507 e. The van der Waals surface area contributed by atoms with Crippen molar-refractivity contribution < 1.29 is 9.90 Å². The second kappa shape index (κ2) is 4.29. The lowest BCUT2D eigenvalue weighted by atomic mass is 10.1. The number of benzene rings is 1. The Morgan fingerprint density at radius 1 is 1.41 bits per heavy atom. The monoisotopic (exact) mass is 231 g/mol. The van der Waals surface area contributed by atoms with E-state index >= 15 is 0 Å². The first-order valence-corrected chi connectivity index (χ1v) is 5.17. The normalized spacial score (nSPS) is 10.2. The van der Waals surface area contributed by atoms with Gasteiger partial charge in [-0.3, -0.25) is 9.48 Å². The van der Waals surface area contributed by atoms with Crippen LogP contribution in [0, 0.1) is 6.92 Å². The van der Waals surface area contributed by atoms with Crippen LogP contribution in [-0.2, 0) is 7.05 Å². The number of rotatable bonds is 2. The maximum absolute atomic E-state index is 11.9. The van der Waals surface area contributed by atoms with Crippen LogP contribution in [0.3, 0.4) is 0 Å². The third-order valence-corrected chi connectivity index (χ3v) is 2.44. The van der Waals surface area contributed by atoms with E-state index in [0.717, 1.165) is 0 Å². The van der Waals surface area contributed by atoms with Crippen molar-refractivity contribution in [1.29, 1.82) is 0 Å². The Labute approximate surface area is 98.7 Å². The number of anilines is 1. The number of nitrogens with one attached hydrogen (secondary N) is 1. The molecule has 0 aliphatic carbocycles. The number of nitrogens with zero attached hydrogens (tertiary/aromatic N) is 2. The number of amides is 1. The topological polar surface area (TPSA) is 67.2 Å². The zero-order valence-electron chi connectivity index (χ0n) is 9.64. The standard InChI is InChI=1S/C12H13N3O2/c1-8-4-3-5-9(11(8)16)12(17)13-10-6-7-15(2)14-10/h3-7,16H,1-2H3,(H,13,14,17). The van der Waals surface area contributed by atoms with Crippen molar-refractivity contribution in [2.24, 2.45) is 7.05 Å². The van der Waals surface area contributed by atoms with Gasteiger partial charge in [0.2, 0.25) is 0 Å². The van der Waals surface area contributed by atoms with Gasteiger partial charge in [-0.05, 0) is 18.6 Å². The molecule has 2 N–H and O–H groups in total. The number of aromatic hydroxyl groups is 1. The molecule has 2 aromatic rings. The first kappa shape index (κ1) is 11.2. The Morgan fingerprint density at radius 2 is 2.18 bits per heavy atom. The molecule has 0 aliphatic heterocycles. The SMILES string of the molecule is Cc1cccc(C(=O)Nc2ccn(C)n2)c1O. The van der Waals surface area contributed by atoms with Crippen LogP contribution in [0.2, 0.25) is 0 Å². The largest absolute Gasteiger partial charge is 0.507 e. The van der Waals surface area contributed by atoms with E-state index in [1.165, 1.54) is 0 Å². The van der Waals surface area contributed by atoms with Crippen molar-refractivity contribution in [3.05, 3.63) is 41.6 Å². The zero-order chi connectivity index (χ0) is 12.4. The van der Waals surface area contributed by atoms with E-state index in [9.17, 15) is 9.90 Å². The molecule has 0 atom stereocenters. The summed E-state index contributed by atoms with van der Waals surface area (Å²) < 4.78 is 1.59. The average molecular weight is 231 g/mol. The molecule has 1 aromatic carbocycles. The molecule has 0 unspecified atom stereocenters. The molecule has 2 rings (SSSR count). The predicted molar refractivity (Wildman–Crippen MR) is 64.0 cm³/mol. The summed E-state index contributed by atoms with van der Waals surface area (Å²) in [7, 11) is 1.76. The van der Waals surface area contributed by atoms with E-state index in [1.54, 1.807) is 49.1 Å². The molecule has 1 aromatic heterocycles. The Hall–Kier alpha value is -2.30. The van der Waals surface area contributed by atoms with Gasteiger partial charge in [0, 0.05) is 19.3 Å². The van der Waals surface area contributed by atoms with Crippen molar-refractivity contribution >= 4 is 11.7 Å². The molecular formula is C12H13N3O2. The molecule has 0 saturated heterocycles. The van der Waals surface area contributed by atoms with E-state index in [2.05, 4.69) is 10.4 Å². The smallest absolute Gasteiger partial charge is 0.260 e. The van der Waals surface area contributed by atoms with Gasteiger partial charge in [-0.25, -0.2) is 0 Å². The van der Waals surface area contributed by atoms with Gasteiger partial charge in [0.25, 0.3) is 5.91 Å². The fourth-order valence-electron chi connectivity index (χ4n) is 1.51. The van der Waals surface area contributed by atoms with E-state index in [-0.39, 0.29) is 17.2 Å². The summed E-state index contributed by atoms with van der Waals surface area (Å²) in [5, 5.41) is 16.4. The van der Waals surface area contributed by atoms with Gasteiger partial charge in [0.05, 0.1) is 5.56 Å². The molecule has 0 saturated carbocycles. The van der Waals surface area contributed by atoms with Crippen LogP contribution in [0.4, 0.5) is 5.82 Å². The van der Waals surface area contributed by atoms with E-state index in [1.807, 2.05) is 0 Å². The molecule has 17 heavy (non-hydrogen) atoms. The lowest BCUT2D eigenvalue weighted by molar-refractivity contribution is 0.102. The number of carbonyl (C=O) groups excluding carboxylic acids is 1. The number of aryl methyl sites for hydroxylation is 2. The molecule has 1 amide bonds. The maximum atomic E-state index is 11.9. The van der Waals surface area contributed by atoms with Crippen LogP contribution in [0.5, 0.6) is 5.75 Å². The van der Waals surface area contributed by atoms with Gasteiger partial charge >= 0.3 is 0 Å². The minimum absolute atomic E-state index is 0.000862. The highest BCUT2D eigenvalue weighted by Crippen LogP contribution is 2.22. The van der Waals surface area contributed by atoms with Gasteiger partial charge in [0.1, 0.15) is 5.75 Å². The summed E-state index contributed by atoms with van der Waals surface area (Å²) in [5.41, 5.74) is 0.911. The summed E-state index contributed by atoms with van der Waals surface area (Å²) in [6.07, 6.45) is 1.73. The molecule has 0 radical (unpaired) electrons. The number of para-hydroxylation sites is 1. The van der Waals surface area contributed by atoms with E-state index < -0.39 is 0 Å². The van der Waals surface area contributed by atoms with Gasteiger partial charge in [-0.15, -0.1) is 0 Å². The first-order valence-electron chi connectivity index (χ1n) is 5.17. The van der Waals surface area contributed by atoms with Crippen LogP contribution >= 0.6 is 0 Å². The summed E-state index contributed by atoms with van der Waals surface area (Å²) in [4.78, 5) is 11.9. The van der Waals surface area contributed by atoms with Gasteiger partial charge in [-0.2, -0.15) is 5.10 Å². The summed E-state index contributed by atoms with van der Waals surface area (Å²) >= 11 is 0. The molecule has 0 fully saturated rings. The second-order valence-electron chi connectivity index (χ2n) is 3.80. The predicted octanol–water partition coefficient (Wildman–Crippen LogP) is 1.69. The lowest BCUT2D eigenvalue weighted by Gasteiger charge is -2.06. The molecule has 0 bridgehead atoms. The number of phenolic OH excluding ortho intramolecular Hbond substituents is 1. The fraction of sp³-hybridized carbons (Fsp3) is 0.167. The average Bonchev–Trinajstić information content (AvgIpc) is 2.68. The van der Waals surface area contributed by atoms with Crippen molar-refractivity contribution in [1.82, 2.24) is 9.78 Å². The van der Waals surface area contributed by atoms with Crippen molar-refractivity contribution in [3.8, 4) is 5.75 Å². The maximum Gasteiger partial charge on any atom is 0.260 e. The number of aromatic nitrogens is 2. The Kier molecular flexibility index (Phi) is 2.82. The molecular weight excluding hydrogens is 218 g/mol. The van der Waals surface area contributed by atoms with E-state index in [0.29, 0.717) is 11.4 Å². The Balaban J connectivity index is 2.23. The van der Waals surface area contributed by atoms with Gasteiger partial charge in [0.15, 0.2) is 5.82 Å². The fourth-order valence-corrected chi connectivity index (χ4v) is 1.51. The van der Waals surface area contributed by atoms with Crippen LogP contribution in [0.1, 0.15) is 15.9 Å². The van der Waals surface area contributed by atoms with Crippen molar-refractivity contribution in [3.63, 3.8) is 0 Å². The van der Waals surface area contributed by atoms with Crippen molar-refractivity contribution in [2.45, 2.75) is 6.92 Å². The van der Waals surface area contributed by atoms with Gasteiger partial charge in [-0.1, -0.05) is 12.1 Å². The van der Waals surface area contributed by atoms with Gasteiger partial charge < -0.3 is 10.4 Å². The lowest BCUT2D eigenvalue weighted by Crippen LogP contribution is -2.13. The molecule has 1 heterocycles. The molecule has 5 heteroatoms. The van der Waals surface area contributed by atoms with Crippen LogP contribution in [0.25, 0.3) is 0 Å². The highest BCUT2D eigenvalue weighted by atomic mass is 16.3. The summed E-state index contributed by atoms with van der Waals surface area (Å²) in [5.74, 6) is 0.0873.